The fraction of sp³-hybridized carbons (Fsp3) is 0.458. The first kappa shape index (κ1) is 22.6. The van der Waals surface area contributed by atoms with Crippen molar-refractivity contribution in [2.75, 3.05) is 27.8 Å². The minimum absolute atomic E-state index is 0.0560. The second-order valence-corrected chi connectivity index (χ2v) is 8.69. The van der Waals surface area contributed by atoms with Gasteiger partial charge in [-0.3, -0.25) is 4.79 Å². The van der Waals surface area contributed by atoms with Crippen molar-refractivity contribution in [3.63, 3.8) is 0 Å². The number of benzene rings is 1. The monoisotopic (exact) mass is 424 g/mol. The highest BCUT2D eigenvalue weighted by molar-refractivity contribution is 5.95. The summed E-state index contributed by atoms with van der Waals surface area (Å²) >= 11 is 0. The predicted molar refractivity (Wildman–Crippen MR) is 121 cm³/mol. The molecule has 0 fully saturated rings. The summed E-state index contributed by atoms with van der Waals surface area (Å²) in [6, 6.07) is 7.81. The molecule has 1 amide bonds. The third-order valence-electron chi connectivity index (χ3n) is 5.45. The Morgan fingerprint density at radius 3 is 2.45 bits per heavy atom. The summed E-state index contributed by atoms with van der Waals surface area (Å²) in [5.41, 5.74) is 4.19. The molecule has 1 aromatic carbocycles. The van der Waals surface area contributed by atoms with Crippen LogP contribution in [0.5, 0.6) is 11.5 Å². The van der Waals surface area contributed by atoms with Crippen LogP contribution in [0.4, 0.5) is 0 Å². The Hall–Kier alpha value is -3.09. The number of ether oxygens (including phenoxy) is 2. The van der Waals surface area contributed by atoms with Gasteiger partial charge in [0.1, 0.15) is 0 Å². The second-order valence-electron chi connectivity index (χ2n) is 8.69. The van der Waals surface area contributed by atoms with Gasteiger partial charge < -0.3 is 14.4 Å². The molecule has 0 aliphatic carbocycles. The Kier molecular flexibility index (Phi) is 6.53. The molecule has 0 radical (unpaired) electrons. The summed E-state index contributed by atoms with van der Waals surface area (Å²) in [7, 11) is 5.05. The summed E-state index contributed by atoms with van der Waals surface area (Å²) in [6.07, 6.45) is 3.07. The van der Waals surface area contributed by atoms with Crippen LogP contribution in [0.15, 0.2) is 30.5 Å². The van der Waals surface area contributed by atoms with Gasteiger partial charge in [0, 0.05) is 31.3 Å². The molecule has 166 valence electrons. The Morgan fingerprint density at radius 2 is 1.84 bits per heavy atom. The third kappa shape index (κ3) is 4.65. The molecule has 7 nitrogen and oxygen atoms in total. The highest BCUT2D eigenvalue weighted by atomic mass is 16.5. The summed E-state index contributed by atoms with van der Waals surface area (Å²) in [5.74, 6) is 1.32. The van der Waals surface area contributed by atoms with Crippen LogP contribution >= 0.6 is 0 Å². The van der Waals surface area contributed by atoms with Gasteiger partial charge in [-0.25, -0.2) is 9.50 Å². The van der Waals surface area contributed by atoms with Crippen molar-refractivity contribution in [3.05, 3.63) is 53.0 Å². The van der Waals surface area contributed by atoms with E-state index in [0.29, 0.717) is 36.4 Å². The molecule has 0 N–H and O–H groups in total. The summed E-state index contributed by atoms with van der Waals surface area (Å²) < 4.78 is 12.5. The Labute approximate surface area is 184 Å². The van der Waals surface area contributed by atoms with E-state index in [-0.39, 0.29) is 11.3 Å². The van der Waals surface area contributed by atoms with E-state index in [1.54, 1.807) is 25.3 Å². The normalized spacial score (nSPS) is 11.6. The molecule has 0 saturated heterocycles. The number of nitrogens with zero attached hydrogens (tertiary/aromatic N) is 4. The van der Waals surface area contributed by atoms with Crippen LogP contribution < -0.4 is 9.47 Å². The van der Waals surface area contributed by atoms with Crippen LogP contribution in [0.3, 0.4) is 0 Å². The minimum Gasteiger partial charge on any atom is -0.493 e. The minimum atomic E-state index is -0.0842. The third-order valence-corrected chi connectivity index (χ3v) is 5.45. The number of aryl methyl sites for hydroxylation is 1. The number of amides is 1. The first-order valence-electron chi connectivity index (χ1n) is 10.5. The smallest absolute Gasteiger partial charge is 0.257 e. The molecular formula is C24H32N4O3. The number of aromatic nitrogens is 3. The van der Waals surface area contributed by atoms with E-state index in [9.17, 15) is 4.79 Å². The van der Waals surface area contributed by atoms with Crippen LogP contribution in [0.1, 0.15) is 55.0 Å². The first-order valence-corrected chi connectivity index (χ1v) is 10.5. The number of fused-ring (bicyclic) bond motifs is 1. The highest BCUT2D eigenvalue weighted by Gasteiger charge is 2.23. The largest absolute Gasteiger partial charge is 0.493 e. The van der Waals surface area contributed by atoms with Crippen molar-refractivity contribution in [3.8, 4) is 11.5 Å². The number of hydrogen-bond donors (Lipinski definition) is 0. The van der Waals surface area contributed by atoms with Crippen LogP contribution in [0.2, 0.25) is 0 Å². The zero-order valence-electron chi connectivity index (χ0n) is 19.5. The van der Waals surface area contributed by atoms with E-state index in [1.807, 2.05) is 42.8 Å². The molecule has 0 saturated carbocycles. The number of carbonyl (C=O) groups excluding carboxylic acids is 1. The summed E-state index contributed by atoms with van der Waals surface area (Å²) in [4.78, 5) is 19.5. The number of rotatable bonds is 7. The molecule has 0 aliphatic heterocycles. The van der Waals surface area contributed by atoms with E-state index in [0.717, 1.165) is 22.6 Å². The average Bonchev–Trinajstić information content (AvgIpc) is 3.21. The quantitative estimate of drug-likeness (QED) is 0.575. The molecule has 3 aromatic rings. The van der Waals surface area contributed by atoms with Crippen molar-refractivity contribution in [2.45, 2.75) is 46.0 Å². The number of hydrogen-bond acceptors (Lipinski definition) is 5. The Bertz CT molecular complexity index is 1080. The predicted octanol–water partition coefficient (Wildman–Crippen LogP) is 3.92. The molecule has 0 unspecified atom stereocenters. The fourth-order valence-electron chi connectivity index (χ4n) is 3.51. The standard InChI is InChI=1S/C24H32N4O3/c1-8-18-17(15-25-22-14-21(24(2,3)4)26-28(18)22)23(29)27(5)12-11-16-9-10-19(30-6)20(13-16)31-7/h9-10,13-15H,8,11-12H2,1-7H3. The summed E-state index contributed by atoms with van der Waals surface area (Å²) in [5, 5.41) is 4.74. The van der Waals surface area contributed by atoms with Gasteiger partial charge >= 0.3 is 0 Å². The summed E-state index contributed by atoms with van der Waals surface area (Å²) in [6.45, 7) is 8.96. The molecule has 0 spiro atoms. The topological polar surface area (TPSA) is 69.0 Å². The maximum absolute atomic E-state index is 13.2. The molecule has 2 aromatic heterocycles. The van der Waals surface area contributed by atoms with Crippen LogP contribution in [-0.2, 0) is 18.3 Å². The van der Waals surface area contributed by atoms with Gasteiger partial charge in [-0.2, -0.15) is 5.10 Å². The molecule has 0 aliphatic rings. The molecule has 0 bridgehead atoms. The molecule has 7 heteroatoms. The Morgan fingerprint density at radius 1 is 1.13 bits per heavy atom. The molecular weight excluding hydrogens is 392 g/mol. The van der Waals surface area contributed by atoms with Crippen molar-refractivity contribution in [1.82, 2.24) is 19.5 Å². The van der Waals surface area contributed by atoms with Gasteiger partial charge in [-0.1, -0.05) is 33.8 Å². The van der Waals surface area contributed by atoms with Crippen LogP contribution in [-0.4, -0.2) is 53.2 Å². The van der Waals surface area contributed by atoms with Crippen molar-refractivity contribution >= 4 is 11.6 Å². The maximum atomic E-state index is 13.2. The van der Waals surface area contributed by atoms with E-state index < -0.39 is 0 Å². The zero-order chi connectivity index (χ0) is 22.8. The van der Waals surface area contributed by atoms with Gasteiger partial charge in [0.15, 0.2) is 17.1 Å². The van der Waals surface area contributed by atoms with Gasteiger partial charge in [0.05, 0.1) is 31.2 Å². The van der Waals surface area contributed by atoms with Gasteiger partial charge in [0.25, 0.3) is 5.91 Å². The van der Waals surface area contributed by atoms with E-state index in [2.05, 4.69) is 25.8 Å². The number of likely N-dealkylation sites (N-methyl/N-ethyl adjacent to an activating group) is 1. The first-order chi connectivity index (χ1) is 14.7. The molecule has 2 heterocycles. The van der Waals surface area contributed by atoms with Crippen LogP contribution in [0, 0.1) is 0 Å². The van der Waals surface area contributed by atoms with Crippen molar-refractivity contribution in [1.29, 1.82) is 0 Å². The highest BCUT2D eigenvalue weighted by Crippen LogP contribution is 2.28. The molecule has 31 heavy (non-hydrogen) atoms. The lowest BCUT2D eigenvalue weighted by molar-refractivity contribution is 0.0794. The average molecular weight is 425 g/mol. The fourth-order valence-corrected chi connectivity index (χ4v) is 3.51. The second kappa shape index (κ2) is 8.96. The molecule has 0 atom stereocenters. The lowest BCUT2D eigenvalue weighted by atomic mass is 9.93. The zero-order valence-corrected chi connectivity index (χ0v) is 19.5. The van der Waals surface area contributed by atoms with Crippen molar-refractivity contribution < 1.29 is 14.3 Å². The van der Waals surface area contributed by atoms with Crippen LogP contribution in [0.25, 0.3) is 5.65 Å². The molecule has 3 rings (SSSR count). The van der Waals surface area contributed by atoms with Gasteiger partial charge in [-0.15, -0.1) is 0 Å². The Balaban J connectivity index is 1.81. The lowest BCUT2D eigenvalue weighted by Gasteiger charge is -2.19. The van der Waals surface area contributed by atoms with Gasteiger partial charge in [-0.05, 0) is 30.5 Å². The van der Waals surface area contributed by atoms with E-state index in [1.165, 1.54) is 0 Å². The van der Waals surface area contributed by atoms with Gasteiger partial charge in [0.2, 0.25) is 0 Å². The SMILES string of the molecule is CCc1c(C(=O)N(C)CCc2ccc(OC)c(OC)c2)cnc2cc(C(C)(C)C)nn12. The maximum Gasteiger partial charge on any atom is 0.257 e. The van der Waals surface area contributed by atoms with E-state index in [4.69, 9.17) is 14.6 Å². The lowest BCUT2D eigenvalue weighted by Crippen LogP contribution is -2.30. The van der Waals surface area contributed by atoms with Crippen molar-refractivity contribution in [2.24, 2.45) is 0 Å². The number of carbonyl (C=O) groups is 1. The number of methoxy groups -OCH3 is 2. The van der Waals surface area contributed by atoms with E-state index >= 15 is 0 Å².